The Labute approximate surface area is 187 Å². The lowest BCUT2D eigenvalue weighted by molar-refractivity contribution is 0.285. The van der Waals surface area contributed by atoms with E-state index in [2.05, 4.69) is 11.6 Å². The lowest BCUT2D eigenvalue weighted by Crippen LogP contribution is -1.99. The molecule has 3 rings (SSSR count). The number of benzene rings is 2. The smallest absolute Gasteiger partial charge is 0.163 e. The fourth-order valence-electron chi connectivity index (χ4n) is 2.88. The van der Waals surface area contributed by atoms with E-state index in [0.29, 0.717) is 47.6 Å². The normalized spacial score (nSPS) is 11.9. The molecular formula is C25H25ClN2O3. The number of rotatable bonds is 10. The molecule has 0 amide bonds. The van der Waals surface area contributed by atoms with Crippen molar-refractivity contribution in [2.75, 3.05) is 13.0 Å². The summed E-state index contributed by atoms with van der Waals surface area (Å²) in [7, 11) is 1.60. The number of alkyl halides is 1. The molecule has 0 fully saturated rings. The van der Waals surface area contributed by atoms with Crippen molar-refractivity contribution in [1.29, 1.82) is 0 Å². The second-order valence-corrected chi connectivity index (χ2v) is 7.04. The van der Waals surface area contributed by atoms with Crippen LogP contribution in [0.3, 0.4) is 0 Å². The van der Waals surface area contributed by atoms with Crippen LogP contribution in [0.2, 0.25) is 0 Å². The minimum atomic E-state index is 0.429. The van der Waals surface area contributed by atoms with E-state index in [9.17, 15) is 0 Å². The Hall–Kier alpha value is -3.44. The highest BCUT2D eigenvalue weighted by Gasteiger charge is 2.12. The number of hydrogen-bond donors (Lipinski definition) is 1. The van der Waals surface area contributed by atoms with Gasteiger partial charge in [0.2, 0.25) is 0 Å². The van der Waals surface area contributed by atoms with Crippen molar-refractivity contribution >= 4 is 22.5 Å². The van der Waals surface area contributed by atoms with Gasteiger partial charge in [0.25, 0.3) is 0 Å². The van der Waals surface area contributed by atoms with E-state index in [4.69, 9.17) is 31.5 Å². The molecule has 0 aliphatic rings. The minimum absolute atomic E-state index is 0.429. The zero-order valence-electron chi connectivity index (χ0n) is 17.4. The van der Waals surface area contributed by atoms with Crippen LogP contribution in [0.4, 0.5) is 0 Å². The molecule has 5 nitrogen and oxygen atoms in total. The third-order valence-electron chi connectivity index (χ3n) is 4.50. The van der Waals surface area contributed by atoms with Crippen LogP contribution in [0.25, 0.3) is 10.9 Å². The number of aromatic nitrogens is 1. The monoisotopic (exact) mass is 436 g/mol. The Morgan fingerprint density at radius 3 is 2.61 bits per heavy atom. The third-order valence-corrected chi connectivity index (χ3v) is 4.69. The van der Waals surface area contributed by atoms with E-state index in [0.717, 1.165) is 16.5 Å². The summed E-state index contributed by atoms with van der Waals surface area (Å²) < 4.78 is 17.6. The largest absolute Gasteiger partial charge is 0.493 e. The predicted octanol–water partition coefficient (Wildman–Crippen LogP) is 5.74. The van der Waals surface area contributed by atoms with Gasteiger partial charge in [0.15, 0.2) is 11.5 Å². The van der Waals surface area contributed by atoms with Gasteiger partial charge in [-0.2, -0.15) is 0 Å². The number of hydrogen-bond acceptors (Lipinski definition) is 5. The molecule has 31 heavy (non-hydrogen) atoms. The Morgan fingerprint density at radius 1 is 1.10 bits per heavy atom. The molecule has 0 aliphatic heterocycles. The summed E-state index contributed by atoms with van der Waals surface area (Å²) >= 11 is 5.72. The highest BCUT2D eigenvalue weighted by Crippen LogP contribution is 2.36. The maximum absolute atomic E-state index is 6.05. The van der Waals surface area contributed by atoms with Gasteiger partial charge in [-0.25, -0.2) is 0 Å². The van der Waals surface area contributed by atoms with Crippen LogP contribution < -0.4 is 19.9 Å². The van der Waals surface area contributed by atoms with Crippen molar-refractivity contribution < 1.29 is 14.2 Å². The van der Waals surface area contributed by atoms with Gasteiger partial charge in [-0.1, -0.05) is 36.9 Å². The first-order valence-electron chi connectivity index (χ1n) is 9.80. The topological polar surface area (TPSA) is 66.6 Å². The van der Waals surface area contributed by atoms with Crippen LogP contribution in [-0.2, 0) is 6.61 Å². The molecule has 0 saturated carbocycles. The number of allylic oxidation sites excluding steroid dienone is 4. The maximum atomic E-state index is 6.05. The van der Waals surface area contributed by atoms with Gasteiger partial charge in [-0.3, -0.25) is 4.98 Å². The van der Waals surface area contributed by atoms with Crippen LogP contribution in [0.15, 0.2) is 91.0 Å². The van der Waals surface area contributed by atoms with E-state index in [1.54, 1.807) is 37.6 Å². The summed E-state index contributed by atoms with van der Waals surface area (Å²) in [6.45, 7) is 4.24. The second-order valence-electron chi connectivity index (χ2n) is 6.66. The third kappa shape index (κ3) is 6.03. The molecule has 6 heteroatoms. The number of nitrogens with zero attached hydrogens (tertiary/aromatic N) is 1. The van der Waals surface area contributed by atoms with Crippen LogP contribution in [0.1, 0.15) is 12.0 Å². The van der Waals surface area contributed by atoms with Gasteiger partial charge >= 0.3 is 0 Å². The summed E-state index contributed by atoms with van der Waals surface area (Å²) in [6, 6.07) is 15.4. The molecule has 0 saturated heterocycles. The van der Waals surface area contributed by atoms with Crippen molar-refractivity contribution in [2.45, 2.75) is 13.0 Å². The summed E-state index contributed by atoms with van der Waals surface area (Å²) in [5.41, 5.74) is 8.35. The average Bonchev–Trinajstić information content (AvgIpc) is 2.80. The predicted molar refractivity (Wildman–Crippen MR) is 126 cm³/mol. The summed E-state index contributed by atoms with van der Waals surface area (Å²) in [5, 5.41) is 0.789. The van der Waals surface area contributed by atoms with Crippen molar-refractivity contribution in [3.63, 3.8) is 0 Å². The van der Waals surface area contributed by atoms with Crippen molar-refractivity contribution in [3.05, 3.63) is 96.6 Å². The molecule has 0 spiro atoms. The van der Waals surface area contributed by atoms with Gasteiger partial charge in [-0.05, 0) is 35.9 Å². The number of fused-ring (bicyclic) bond motifs is 1. The standard InChI is InChI=1S/C25H25ClN2O3/c1-3-20(10-9-19(27)11-13-26)31-23-12-14-28-22-16-25(24(29-2)15-21(22)23)30-17-18-7-5-4-6-8-18/h3-10,12,14-16H,1,11,13,17,27H2,2H3/b19-9+,20-10+. The number of pyridine rings is 1. The first-order chi connectivity index (χ1) is 15.1. The second kappa shape index (κ2) is 11.1. The quantitative estimate of drug-likeness (QED) is 0.249. The SMILES string of the molecule is C=C/C(=C\C=C(\N)CCCl)Oc1ccnc2cc(OCc3ccccc3)c(OC)cc12. The number of ether oxygens (including phenoxy) is 3. The van der Waals surface area contributed by atoms with E-state index in [1.807, 2.05) is 42.5 Å². The van der Waals surface area contributed by atoms with E-state index in [-0.39, 0.29) is 0 Å². The molecule has 0 atom stereocenters. The van der Waals surface area contributed by atoms with Crippen molar-refractivity contribution in [1.82, 2.24) is 4.98 Å². The van der Waals surface area contributed by atoms with Crippen molar-refractivity contribution in [2.24, 2.45) is 5.73 Å². The molecule has 0 unspecified atom stereocenters. The Morgan fingerprint density at radius 2 is 1.90 bits per heavy atom. The summed E-state index contributed by atoms with van der Waals surface area (Å²) in [5.74, 6) is 2.84. The Balaban J connectivity index is 1.89. The summed E-state index contributed by atoms with van der Waals surface area (Å²) in [4.78, 5) is 4.46. The highest BCUT2D eigenvalue weighted by atomic mass is 35.5. The molecule has 160 valence electrons. The molecule has 1 aromatic heterocycles. The van der Waals surface area contributed by atoms with E-state index in [1.165, 1.54) is 0 Å². The molecule has 2 N–H and O–H groups in total. The van der Waals surface area contributed by atoms with Gasteiger partial charge in [0, 0.05) is 35.6 Å². The van der Waals surface area contributed by atoms with Crippen LogP contribution in [0, 0.1) is 0 Å². The molecule has 0 radical (unpaired) electrons. The molecule has 2 aromatic carbocycles. The van der Waals surface area contributed by atoms with Gasteiger partial charge in [0.1, 0.15) is 18.1 Å². The van der Waals surface area contributed by atoms with E-state index < -0.39 is 0 Å². The Kier molecular flexibility index (Phi) is 7.96. The fourth-order valence-corrected chi connectivity index (χ4v) is 3.10. The number of halogens is 1. The molecule has 1 heterocycles. The van der Waals surface area contributed by atoms with Gasteiger partial charge in [-0.15, -0.1) is 11.6 Å². The lowest BCUT2D eigenvalue weighted by Gasteiger charge is -2.14. The Bertz CT molecular complexity index is 1090. The van der Waals surface area contributed by atoms with Crippen LogP contribution in [0.5, 0.6) is 17.2 Å². The van der Waals surface area contributed by atoms with Crippen LogP contribution in [-0.4, -0.2) is 18.0 Å². The number of methoxy groups -OCH3 is 1. The summed E-state index contributed by atoms with van der Waals surface area (Å²) in [6.07, 6.45) is 7.42. The first kappa shape index (κ1) is 22.2. The molecular weight excluding hydrogens is 412 g/mol. The zero-order chi connectivity index (χ0) is 22.1. The van der Waals surface area contributed by atoms with E-state index >= 15 is 0 Å². The van der Waals surface area contributed by atoms with Crippen molar-refractivity contribution in [3.8, 4) is 17.2 Å². The fraction of sp³-hybridized carbons (Fsp3) is 0.160. The minimum Gasteiger partial charge on any atom is -0.493 e. The number of nitrogens with two attached hydrogens (primary N) is 1. The van der Waals surface area contributed by atoms with Gasteiger partial charge < -0.3 is 19.9 Å². The average molecular weight is 437 g/mol. The molecule has 0 bridgehead atoms. The first-order valence-corrected chi connectivity index (χ1v) is 10.3. The molecule has 3 aromatic rings. The molecule has 0 aliphatic carbocycles. The lowest BCUT2D eigenvalue weighted by atomic mass is 10.1. The van der Waals surface area contributed by atoms with Crippen LogP contribution >= 0.6 is 11.6 Å². The van der Waals surface area contributed by atoms with Gasteiger partial charge in [0.05, 0.1) is 12.6 Å². The zero-order valence-corrected chi connectivity index (χ0v) is 18.1. The maximum Gasteiger partial charge on any atom is 0.163 e. The highest BCUT2D eigenvalue weighted by molar-refractivity contribution is 6.17.